The van der Waals surface area contributed by atoms with Gasteiger partial charge in [0.15, 0.2) is 0 Å². The van der Waals surface area contributed by atoms with E-state index in [0.717, 1.165) is 35.3 Å². The van der Waals surface area contributed by atoms with Gasteiger partial charge in [-0.3, -0.25) is 9.59 Å². The molecule has 23 heavy (non-hydrogen) atoms. The highest BCUT2D eigenvalue weighted by atomic mass is 32.1. The van der Waals surface area contributed by atoms with Crippen molar-refractivity contribution in [2.45, 2.75) is 32.2 Å². The van der Waals surface area contributed by atoms with Gasteiger partial charge in [0, 0.05) is 30.1 Å². The summed E-state index contributed by atoms with van der Waals surface area (Å²) in [6.07, 6.45) is 2.51. The molecule has 0 spiro atoms. The van der Waals surface area contributed by atoms with Gasteiger partial charge in [0.1, 0.15) is 0 Å². The maximum atomic E-state index is 12.6. The van der Waals surface area contributed by atoms with Crippen LogP contribution >= 0.6 is 22.7 Å². The quantitative estimate of drug-likeness (QED) is 0.920. The number of amides is 2. The highest BCUT2D eigenvalue weighted by molar-refractivity contribution is 7.12. The molecule has 0 bridgehead atoms. The Bertz CT molecular complexity index is 671. The summed E-state index contributed by atoms with van der Waals surface area (Å²) in [5, 5.41) is 8.82. The fourth-order valence-electron chi connectivity index (χ4n) is 2.83. The minimum absolute atomic E-state index is 0.0115. The Morgan fingerprint density at radius 2 is 2.04 bits per heavy atom. The molecule has 0 unspecified atom stereocenters. The molecule has 1 aliphatic heterocycles. The second-order valence-electron chi connectivity index (χ2n) is 5.68. The number of nitrogens with zero attached hydrogens (tertiary/aromatic N) is 1. The minimum atomic E-state index is -0.0115. The summed E-state index contributed by atoms with van der Waals surface area (Å²) in [5.41, 5.74) is 1.85. The smallest absolute Gasteiger partial charge is 0.264 e. The standard InChI is InChI=1S/C17H20N2O2S2/c1-2-12-6-10-23-15(12)17(21)19-7-3-14(4-8-19)18-16(20)13-5-9-22-11-13/h5-6,9-11,14H,2-4,7-8H2,1H3,(H,18,20). The molecule has 4 nitrogen and oxygen atoms in total. The van der Waals surface area contributed by atoms with Gasteiger partial charge in [-0.1, -0.05) is 6.92 Å². The topological polar surface area (TPSA) is 49.4 Å². The molecule has 0 saturated carbocycles. The van der Waals surface area contributed by atoms with Crippen LogP contribution in [0.2, 0.25) is 0 Å². The Morgan fingerprint density at radius 1 is 1.26 bits per heavy atom. The number of nitrogens with one attached hydrogen (secondary N) is 1. The summed E-state index contributed by atoms with van der Waals surface area (Å²) in [4.78, 5) is 27.5. The summed E-state index contributed by atoms with van der Waals surface area (Å²) >= 11 is 3.05. The normalized spacial score (nSPS) is 15.6. The van der Waals surface area contributed by atoms with Gasteiger partial charge in [0.2, 0.25) is 0 Å². The van der Waals surface area contributed by atoms with Crippen LogP contribution in [0.15, 0.2) is 28.3 Å². The Hall–Kier alpha value is -1.66. The number of likely N-dealkylation sites (tertiary alicyclic amines) is 1. The van der Waals surface area contributed by atoms with Crippen molar-refractivity contribution in [3.8, 4) is 0 Å². The minimum Gasteiger partial charge on any atom is -0.349 e. The molecule has 0 atom stereocenters. The lowest BCUT2D eigenvalue weighted by Crippen LogP contribution is -2.46. The Labute approximate surface area is 144 Å². The summed E-state index contributed by atoms with van der Waals surface area (Å²) in [6.45, 7) is 3.48. The molecule has 3 heterocycles. The fraction of sp³-hybridized carbons (Fsp3) is 0.412. The molecule has 6 heteroatoms. The molecule has 1 N–H and O–H groups in total. The maximum Gasteiger partial charge on any atom is 0.264 e. The van der Waals surface area contributed by atoms with Gasteiger partial charge in [-0.05, 0) is 47.7 Å². The SMILES string of the molecule is CCc1ccsc1C(=O)N1CCC(NC(=O)c2ccsc2)CC1. The van der Waals surface area contributed by atoms with Crippen LogP contribution in [-0.2, 0) is 6.42 Å². The average Bonchev–Trinajstić information content (AvgIpc) is 3.26. The highest BCUT2D eigenvalue weighted by Crippen LogP contribution is 2.22. The first-order valence-corrected chi connectivity index (χ1v) is 9.70. The van der Waals surface area contributed by atoms with Gasteiger partial charge < -0.3 is 10.2 Å². The number of hydrogen-bond donors (Lipinski definition) is 1. The Balaban J connectivity index is 1.54. The maximum absolute atomic E-state index is 12.6. The summed E-state index contributed by atoms with van der Waals surface area (Å²) < 4.78 is 0. The highest BCUT2D eigenvalue weighted by Gasteiger charge is 2.26. The monoisotopic (exact) mass is 348 g/mol. The molecule has 1 saturated heterocycles. The predicted molar refractivity (Wildman–Crippen MR) is 94.4 cm³/mol. The van der Waals surface area contributed by atoms with E-state index in [1.165, 1.54) is 22.7 Å². The van der Waals surface area contributed by atoms with Crippen LogP contribution in [0.5, 0.6) is 0 Å². The molecule has 2 amide bonds. The second-order valence-corrected chi connectivity index (χ2v) is 7.38. The van der Waals surface area contributed by atoms with Crippen LogP contribution in [0.25, 0.3) is 0 Å². The van der Waals surface area contributed by atoms with E-state index in [0.29, 0.717) is 13.1 Å². The van der Waals surface area contributed by atoms with E-state index in [4.69, 9.17) is 0 Å². The van der Waals surface area contributed by atoms with Gasteiger partial charge in [0.05, 0.1) is 4.88 Å². The van der Waals surface area contributed by atoms with Crippen LogP contribution < -0.4 is 5.32 Å². The molecule has 1 fully saturated rings. The van der Waals surface area contributed by atoms with Crippen molar-refractivity contribution in [3.63, 3.8) is 0 Å². The first-order valence-electron chi connectivity index (χ1n) is 7.87. The molecular weight excluding hydrogens is 328 g/mol. The van der Waals surface area contributed by atoms with E-state index >= 15 is 0 Å². The van der Waals surface area contributed by atoms with E-state index in [9.17, 15) is 9.59 Å². The van der Waals surface area contributed by atoms with Gasteiger partial charge >= 0.3 is 0 Å². The van der Waals surface area contributed by atoms with E-state index in [2.05, 4.69) is 12.2 Å². The van der Waals surface area contributed by atoms with Crippen LogP contribution in [0.4, 0.5) is 0 Å². The first kappa shape index (κ1) is 16.2. The molecule has 2 aromatic heterocycles. The van der Waals surface area contributed by atoms with E-state index < -0.39 is 0 Å². The lowest BCUT2D eigenvalue weighted by atomic mass is 10.0. The molecule has 1 aliphatic rings. The van der Waals surface area contributed by atoms with Gasteiger partial charge in [0.25, 0.3) is 11.8 Å². The van der Waals surface area contributed by atoms with Gasteiger partial charge in [-0.15, -0.1) is 11.3 Å². The fourth-order valence-corrected chi connectivity index (χ4v) is 4.43. The zero-order valence-corrected chi connectivity index (χ0v) is 14.7. The number of aryl methyl sites for hydroxylation is 1. The van der Waals surface area contributed by atoms with Crippen molar-refractivity contribution < 1.29 is 9.59 Å². The molecular formula is C17H20N2O2S2. The van der Waals surface area contributed by atoms with Gasteiger partial charge in [-0.2, -0.15) is 11.3 Å². The predicted octanol–water partition coefficient (Wildman–Crippen LogP) is 3.41. The molecule has 0 aliphatic carbocycles. The lowest BCUT2D eigenvalue weighted by Gasteiger charge is -2.32. The molecule has 3 rings (SSSR count). The third-order valence-electron chi connectivity index (χ3n) is 4.22. The molecule has 122 valence electrons. The summed E-state index contributed by atoms with van der Waals surface area (Å²) in [7, 11) is 0. The van der Waals surface area contributed by atoms with E-state index in [1.807, 2.05) is 33.2 Å². The van der Waals surface area contributed by atoms with Gasteiger partial charge in [-0.25, -0.2) is 0 Å². The van der Waals surface area contributed by atoms with Crippen LogP contribution in [0.1, 0.15) is 45.4 Å². The first-order chi connectivity index (χ1) is 11.2. The number of rotatable bonds is 4. The van der Waals surface area contributed by atoms with Crippen molar-refractivity contribution in [1.82, 2.24) is 10.2 Å². The number of piperidine rings is 1. The number of thiophene rings is 2. The third-order valence-corrected chi connectivity index (χ3v) is 5.85. The zero-order valence-electron chi connectivity index (χ0n) is 13.1. The van der Waals surface area contributed by atoms with Crippen LogP contribution in [0, 0.1) is 0 Å². The average molecular weight is 348 g/mol. The molecule has 0 radical (unpaired) electrons. The largest absolute Gasteiger partial charge is 0.349 e. The zero-order chi connectivity index (χ0) is 16.2. The van der Waals surface area contributed by atoms with Crippen LogP contribution in [-0.4, -0.2) is 35.8 Å². The van der Waals surface area contributed by atoms with Crippen LogP contribution in [0.3, 0.4) is 0 Å². The summed E-state index contributed by atoms with van der Waals surface area (Å²) in [5.74, 6) is 0.127. The van der Waals surface area contributed by atoms with Crippen molar-refractivity contribution in [1.29, 1.82) is 0 Å². The number of hydrogen-bond acceptors (Lipinski definition) is 4. The van der Waals surface area contributed by atoms with E-state index in [1.54, 1.807) is 0 Å². The number of carbonyl (C=O) groups excluding carboxylic acids is 2. The van der Waals surface area contributed by atoms with Crippen molar-refractivity contribution in [2.75, 3.05) is 13.1 Å². The molecule has 0 aromatic carbocycles. The summed E-state index contributed by atoms with van der Waals surface area (Å²) in [6, 6.07) is 4.02. The van der Waals surface area contributed by atoms with Crippen molar-refractivity contribution in [2.24, 2.45) is 0 Å². The molecule has 2 aromatic rings. The number of carbonyl (C=O) groups is 2. The Kier molecular flexibility index (Phi) is 5.13. The van der Waals surface area contributed by atoms with Crippen molar-refractivity contribution in [3.05, 3.63) is 44.3 Å². The lowest BCUT2D eigenvalue weighted by molar-refractivity contribution is 0.0702. The third kappa shape index (κ3) is 3.64. The van der Waals surface area contributed by atoms with E-state index in [-0.39, 0.29) is 17.9 Å². The Morgan fingerprint density at radius 3 is 2.70 bits per heavy atom. The van der Waals surface area contributed by atoms with Crippen molar-refractivity contribution >= 4 is 34.5 Å². The second kappa shape index (κ2) is 7.27.